The average Bonchev–Trinajstić information content (AvgIpc) is 2.62. The van der Waals surface area contributed by atoms with Gasteiger partial charge < -0.3 is 19.7 Å². The normalized spacial score (nSPS) is 14.5. The first-order valence-corrected chi connectivity index (χ1v) is 11.3. The number of halogens is 1. The van der Waals surface area contributed by atoms with Gasteiger partial charge in [0.1, 0.15) is 17.4 Å². The van der Waals surface area contributed by atoms with Gasteiger partial charge in [0.05, 0.1) is 18.2 Å². The molecule has 0 spiro atoms. The molecule has 2 atom stereocenters. The van der Waals surface area contributed by atoms with Crippen LogP contribution >= 0.6 is 19.2 Å². The Morgan fingerprint density at radius 2 is 1.93 bits per heavy atom. The lowest BCUT2D eigenvalue weighted by Gasteiger charge is -2.32. The zero-order valence-electron chi connectivity index (χ0n) is 17.5. The highest BCUT2D eigenvalue weighted by molar-refractivity contribution is 7.55. The monoisotopic (exact) mass is 442 g/mol. The molecule has 1 aromatic carbocycles. The zero-order valence-corrected chi connectivity index (χ0v) is 19.1. The lowest BCUT2D eigenvalue weighted by atomic mass is 10.2. The predicted molar refractivity (Wildman–Crippen MR) is 115 cm³/mol. The smallest absolute Gasteiger partial charge is 0.401 e. The van der Waals surface area contributed by atoms with Crippen molar-refractivity contribution in [2.75, 3.05) is 12.4 Å². The molecule has 1 aromatic heterocycles. The van der Waals surface area contributed by atoms with E-state index >= 15 is 0 Å². The number of rotatable bonds is 9. The number of aromatic nitrogens is 1. The van der Waals surface area contributed by atoms with Gasteiger partial charge in [-0.25, -0.2) is 9.55 Å². The molecule has 1 heterocycles. The number of nitrogens with one attached hydrogen (secondary N) is 1. The Morgan fingerprint density at radius 1 is 1.24 bits per heavy atom. The standard InChI is InChI=1S/C20H28ClN2O5P/c1-12(2)20(23-19-16(21)8-7-9-22-19)29(25,27-13(3)4)28-15-10-14(5)18(24)17(11-15)26-6/h7-13,20,24H,1-6H3,(H,22,23). The van der Waals surface area contributed by atoms with E-state index in [9.17, 15) is 9.67 Å². The lowest BCUT2D eigenvalue weighted by molar-refractivity contribution is 0.200. The molecule has 29 heavy (non-hydrogen) atoms. The van der Waals surface area contributed by atoms with Crippen molar-refractivity contribution in [2.24, 2.45) is 5.92 Å². The van der Waals surface area contributed by atoms with Crippen LogP contribution in [0.1, 0.15) is 33.3 Å². The number of aromatic hydroxyl groups is 1. The summed E-state index contributed by atoms with van der Waals surface area (Å²) in [6.45, 7) is 9.06. The van der Waals surface area contributed by atoms with E-state index in [1.54, 1.807) is 45.2 Å². The molecule has 9 heteroatoms. The molecule has 160 valence electrons. The first-order valence-electron chi connectivity index (χ1n) is 9.29. The summed E-state index contributed by atoms with van der Waals surface area (Å²) in [5.74, 6) is 0.00979. The maximum Gasteiger partial charge on any atom is 0.401 e. The second kappa shape index (κ2) is 9.70. The SMILES string of the molecule is COc1cc(OP(=O)(OC(C)C)C(Nc2ncccc2Cl)C(C)C)cc(C)c1O. The number of hydrogen-bond acceptors (Lipinski definition) is 7. The fraction of sp³-hybridized carbons (Fsp3) is 0.450. The minimum absolute atomic E-state index is 0.00161. The molecule has 0 amide bonds. The van der Waals surface area contributed by atoms with Crippen molar-refractivity contribution in [1.29, 1.82) is 0 Å². The number of hydrogen-bond donors (Lipinski definition) is 2. The predicted octanol–water partition coefficient (Wildman–Crippen LogP) is 5.85. The number of anilines is 1. The number of methoxy groups -OCH3 is 1. The summed E-state index contributed by atoms with van der Waals surface area (Å²) in [6.07, 6.45) is 1.23. The van der Waals surface area contributed by atoms with Crippen molar-refractivity contribution in [3.8, 4) is 17.2 Å². The fourth-order valence-corrected chi connectivity index (χ4v) is 5.21. The summed E-state index contributed by atoms with van der Waals surface area (Å²) in [6, 6.07) is 6.46. The molecule has 0 aliphatic rings. The van der Waals surface area contributed by atoms with E-state index in [0.717, 1.165) is 0 Å². The van der Waals surface area contributed by atoms with Gasteiger partial charge in [-0.3, -0.25) is 4.52 Å². The van der Waals surface area contributed by atoms with Crippen LogP contribution in [0.4, 0.5) is 5.82 Å². The largest absolute Gasteiger partial charge is 0.504 e. The maximum atomic E-state index is 14.0. The second-order valence-corrected chi connectivity index (χ2v) is 9.68. The number of aryl methyl sites for hydroxylation is 1. The van der Waals surface area contributed by atoms with Crippen molar-refractivity contribution in [3.63, 3.8) is 0 Å². The van der Waals surface area contributed by atoms with Gasteiger partial charge in [-0.1, -0.05) is 25.4 Å². The molecule has 0 radical (unpaired) electrons. The highest BCUT2D eigenvalue weighted by Crippen LogP contribution is 2.57. The van der Waals surface area contributed by atoms with Gasteiger partial charge in [0.25, 0.3) is 0 Å². The highest BCUT2D eigenvalue weighted by Gasteiger charge is 2.41. The quantitative estimate of drug-likeness (QED) is 0.471. The lowest BCUT2D eigenvalue weighted by Crippen LogP contribution is -2.30. The van der Waals surface area contributed by atoms with Gasteiger partial charge in [0.15, 0.2) is 11.5 Å². The molecular formula is C20H28ClN2O5P. The van der Waals surface area contributed by atoms with Crippen LogP contribution in [0.25, 0.3) is 0 Å². The van der Waals surface area contributed by atoms with E-state index < -0.39 is 13.4 Å². The van der Waals surface area contributed by atoms with E-state index in [1.165, 1.54) is 13.2 Å². The van der Waals surface area contributed by atoms with Crippen LogP contribution in [-0.4, -0.2) is 29.1 Å². The molecule has 0 saturated heterocycles. The van der Waals surface area contributed by atoms with Gasteiger partial charge in [-0.05, 0) is 50.5 Å². The number of pyridine rings is 1. The van der Waals surface area contributed by atoms with Gasteiger partial charge in [0, 0.05) is 12.3 Å². The van der Waals surface area contributed by atoms with Gasteiger partial charge >= 0.3 is 7.60 Å². The van der Waals surface area contributed by atoms with Gasteiger partial charge in [-0.15, -0.1) is 0 Å². The fourth-order valence-electron chi connectivity index (χ4n) is 2.75. The first kappa shape index (κ1) is 23.3. The molecule has 7 nitrogen and oxygen atoms in total. The number of phenolic OH excluding ortho intramolecular Hbond substituents is 1. The van der Waals surface area contributed by atoms with Crippen LogP contribution < -0.4 is 14.6 Å². The van der Waals surface area contributed by atoms with Crippen LogP contribution in [0.3, 0.4) is 0 Å². The van der Waals surface area contributed by atoms with Crippen LogP contribution in [0.2, 0.25) is 5.02 Å². The number of benzene rings is 1. The Balaban J connectivity index is 2.47. The molecule has 2 N–H and O–H groups in total. The summed E-state index contributed by atoms with van der Waals surface area (Å²) in [4.78, 5) is 4.22. The van der Waals surface area contributed by atoms with Crippen molar-refractivity contribution in [1.82, 2.24) is 4.98 Å². The Bertz CT molecular complexity index is 891. The molecule has 0 aliphatic heterocycles. The van der Waals surface area contributed by atoms with Crippen molar-refractivity contribution in [2.45, 2.75) is 46.5 Å². The summed E-state index contributed by atoms with van der Waals surface area (Å²) in [5, 5.41) is 13.6. The maximum absolute atomic E-state index is 14.0. The molecule has 0 aliphatic carbocycles. The van der Waals surface area contributed by atoms with E-state index in [4.69, 9.17) is 25.4 Å². The van der Waals surface area contributed by atoms with Crippen LogP contribution in [0.5, 0.6) is 17.2 Å². The first-order chi connectivity index (χ1) is 13.6. The third-order valence-corrected chi connectivity index (χ3v) is 6.96. The van der Waals surface area contributed by atoms with Gasteiger partial charge in [-0.2, -0.15) is 0 Å². The Kier molecular flexibility index (Phi) is 7.80. The molecule has 2 aromatic rings. The number of phenols is 1. The molecule has 2 rings (SSSR count). The van der Waals surface area contributed by atoms with Crippen molar-refractivity contribution in [3.05, 3.63) is 41.0 Å². The van der Waals surface area contributed by atoms with Crippen molar-refractivity contribution < 1.29 is 23.5 Å². The van der Waals surface area contributed by atoms with Crippen LogP contribution in [0.15, 0.2) is 30.5 Å². The zero-order chi connectivity index (χ0) is 21.8. The Morgan fingerprint density at radius 3 is 2.48 bits per heavy atom. The minimum Gasteiger partial charge on any atom is -0.504 e. The summed E-state index contributed by atoms with van der Waals surface area (Å²) >= 11 is 6.23. The molecule has 2 unspecified atom stereocenters. The van der Waals surface area contributed by atoms with Crippen LogP contribution in [0, 0.1) is 12.8 Å². The third-order valence-electron chi connectivity index (χ3n) is 4.06. The van der Waals surface area contributed by atoms with Gasteiger partial charge in [0.2, 0.25) is 0 Å². The summed E-state index contributed by atoms with van der Waals surface area (Å²) in [7, 11) is -2.33. The van der Waals surface area contributed by atoms with Crippen molar-refractivity contribution >= 4 is 25.0 Å². The topological polar surface area (TPSA) is 89.9 Å². The Hall–Kier alpha value is -1.95. The van der Waals surface area contributed by atoms with E-state index in [2.05, 4.69) is 10.3 Å². The summed E-state index contributed by atoms with van der Waals surface area (Å²) in [5.41, 5.74) is 0.525. The summed E-state index contributed by atoms with van der Waals surface area (Å²) < 4.78 is 30.9. The molecular weight excluding hydrogens is 415 g/mol. The molecule has 0 fully saturated rings. The highest BCUT2D eigenvalue weighted by atomic mass is 35.5. The Labute approximate surface area is 176 Å². The molecule has 0 saturated carbocycles. The van der Waals surface area contributed by atoms with Crippen LogP contribution in [-0.2, 0) is 9.09 Å². The average molecular weight is 443 g/mol. The van der Waals surface area contributed by atoms with E-state index in [0.29, 0.717) is 16.4 Å². The third kappa shape index (κ3) is 5.78. The number of ether oxygens (including phenoxy) is 1. The van der Waals surface area contributed by atoms with E-state index in [-0.39, 0.29) is 29.3 Å². The molecule has 0 bridgehead atoms. The number of nitrogens with zero attached hydrogens (tertiary/aromatic N) is 1. The second-order valence-electron chi connectivity index (χ2n) is 7.24. The minimum atomic E-state index is -3.76. The van der Waals surface area contributed by atoms with E-state index in [1.807, 2.05) is 13.8 Å².